The number of rotatable bonds is 0. The van der Waals surface area contributed by atoms with Crippen LogP contribution in [0.3, 0.4) is 0 Å². The van der Waals surface area contributed by atoms with Crippen LogP contribution < -0.4 is 20.1 Å². The van der Waals surface area contributed by atoms with Gasteiger partial charge in [0.15, 0.2) is 0 Å². The number of para-hydroxylation sites is 2. The van der Waals surface area contributed by atoms with Gasteiger partial charge < -0.3 is 20.1 Å². The molecular weight excluding hydrogens is 276 g/mol. The van der Waals surface area contributed by atoms with E-state index >= 15 is 0 Å². The van der Waals surface area contributed by atoms with E-state index in [0.717, 1.165) is 37.7 Å². The first-order chi connectivity index (χ1) is 10.9. The minimum Gasteiger partial charge on any atom is -0.492 e. The number of fused-ring (bicyclic) bond motifs is 2. The Kier molecular flexibility index (Phi) is 5.29. The number of ether oxygens (including phenoxy) is 2. The topological polar surface area (TPSA) is 42.5 Å². The largest absolute Gasteiger partial charge is 0.492 e. The summed E-state index contributed by atoms with van der Waals surface area (Å²) in [5.41, 5.74) is 2.36. The molecule has 0 spiro atoms. The minimum atomic E-state index is 0.653. The van der Waals surface area contributed by atoms with Crippen LogP contribution in [0.25, 0.3) is 0 Å². The molecule has 116 valence electrons. The molecule has 2 aromatic carbocycles. The van der Waals surface area contributed by atoms with Gasteiger partial charge in [-0.1, -0.05) is 36.4 Å². The van der Waals surface area contributed by atoms with Gasteiger partial charge in [-0.05, 0) is 12.1 Å². The molecular formula is C18H22N2O2. The second kappa shape index (κ2) is 7.82. The molecule has 2 N–H and O–H groups in total. The number of hydrogen-bond acceptors (Lipinski definition) is 4. The van der Waals surface area contributed by atoms with Crippen molar-refractivity contribution in [1.82, 2.24) is 10.6 Å². The number of nitrogens with one attached hydrogen (secondary N) is 2. The molecule has 0 amide bonds. The Hall–Kier alpha value is -2.04. The van der Waals surface area contributed by atoms with Gasteiger partial charge in [-0.15, -0.1) is 0 Å². The Labute approximate surface area is 131 Å². The summed E-state index contributed by atoms with van der Waals surface area (Å²) in [6, 6.07) is 16.3. The number of hydrogen-bond donors (Lipinski definition) is 2. The van der Waals surface area contributed by atoms with Crippen LogP contribution in [0.15, 0.2) is 48.5 Å². The molecule has 0 bridgehead atoms. The normalized spacial score (nSPS) is 16.4. The highest BCUT2D eigenvalue weighted by atomic mass is 16.5. The summed E-state index contributed by atoms with van der Waals surface area (Å²) in [6.07, 6.45) is 0. The van der Waals surface area contributed by atoms with Crippen LogP contribution in [0.2, 0.25) is 0 Å². The van der Waals surface area contributed by atoms with Gasteiger partial charge in [-0.2, -0.15) is 0 Å². The zero-order chi connectivity index (χ0) is 15.0. The van der Waals surface area contributed by atoms with Gasteiger partial charge in [0.1, 0.15) is 24.7 Å². The van der Waals surface area contributed by atoms with Gasteiger partial charge in [-0.25, -0.2) is 0 Å². The molecule has 0 saturated heterocycles. The Morgan fingerprint density at radius 1 is 0.636 bits per heavy atom. The van der Waals surface area contributed by atoms with Gasteiger partial charge in [0.25, 0.3) is 0 Å². The molecule has 0 atom stereocenters. The highest BCUT2D eigenvalue weighted by Crippen LogP contribution is 2.19. The minimum absolute atomic E-state index is 0.653. The molecule has 0 saturated carbocycles. The fourth-order valence-electron chi connectivity index (χ4n) is 2.49. The van der Waals surface area contributed by atoms with Crippen molar-refractivity contribution < 1.29 is 9.47 Å². The third kappa shape index (κ3) is 4.00. The van der Waals surface area contributed by atoms with Crippen LogP contribution >= 0.6 is 0 Å². The molecule has 4 nitrogen and oxygen atoms in total. The second-order valence-corrected chi connectivity index (χ2v) is 5.27. The van der Waals surface area contributed by atoms with E-state index in [9.17, 15) is 0 Å². The van der Waals surface area contributed by atoms with E-state index in [1.54, 1.807) is 0 Å². The first kappa shape index (κ1) is 14.9. The molecule has 0 aromatic heterocycles. The summed E-state index contributed by atoms with van der Waals surface area (Å²) in [5.74, 6) is 1.91. The molecule has 4 heteroatoms. The summed E-state index contributed by atoms with van der Waals surface area (Å²) in [5, 5.41) is 6.81. The fourth-order valence-corrected chi connectivity index (χ4v) is 2.49. The monoisotopic (exact) mass is 298 g/mol. The quantitative estimate of drug-likeness (QED) is 0.783. The number of benzene rings is 2. The maximum absolute atomic E-state index is 5.89. The van der Waals surface area contributed by atoms with Crippen molar-refractivity contribution in [1.29, 1.82) is 0 Å². The van der Waals surface area contributed by atoms with Gasteiger partial charge in [0.2, 0.25) is 0 Å². The molecule has 0 fully saturated rings. The summed E-state index contributed by atoms with van der Waals surface area (Å²) in [4.78, 5) is 0. The molecule has 1 heterocycles. The third-order valence-corrected chi connectivity index (χ3v) is 3.65. The molecule has 2 aromatic rings. The average Bonchev–Trinajstić information content (AvgIpc) is 2.56. The Bertz CT molecular complexity index is 498. The Morgan fingerprint density at radius 2 is 1.09 bits per heavy atom. The molecule has 0 radical (unpaired) electrons. The lowest BCUT2D eigenvalue weighted by molar-refractivity contribution is 0.295. The first-order valence-electron chi connectivity index (χ1n) is 7.76. The average molecular weight is 298 g/mol. The van der Waals surface area contributed by atoms with E-state index in [4.69, 9.17) is 9.47 Å². The molecule has 0 unspecified atom stereocenters. The van der Waals surface area contributed by atoms with Crippen LogP contribution in [0.5, 0.6) is 11.5 Å². The van der Waals surface area contributed by atoms with Crippen LogP contribution in [-0.2, 0) is 13.1 Å². The highest BCUT2D eigenvalue weighted by molar-refractivity contribution is 5.34. The van der Waals surface area contributed by atoms with E-state index in [2.05, 4.69) is 22.8 Å². The molecule has 3 rings (SSSR count). The predicted molar refractivity (Wildman–Crippen MR) is 87.3 cm³/mol. The van der Waals surface area contributed by atoms with Crippen LogP contribution in [0.4, 0.5) is 0 Å². The van der Waals surface area contributed by atoms with E-state index in [0.29, 0.717) is 13.2 Å². The molecule has 1 aliphatic rings. The van der Waals surface area contributed by atoms with E-state index < -0.39 is 0 Å². The van der Waals surface area contributed by atoms with Crippen molar-refractivity contribution in [3.8, 4) is 11.5 Å². The van der Waals surface area contributed by atoms with Crippen molar-refractivity contribution >= 4 is 0 Å². The Balaban J connectivity index is 1.67. The summed E-state index contributed by atoms with van der Waals surface area (Å²) in [7, 11) is 0. The lowest BCUT2D eigenvalue weighted by Crippen LogP contribution is -2.24. The van der Waals surface area contributed by atoms with E-state index in [-0.39, 0.29) is 0 Å². The van der Waals surface area contributed by atoms with Gasteiger partial charge in [-0.3, -0.25) is 0 Å². The van der Waals surface area contributed by atoms with Gasteiger partial charge in [0.05, 0.1) is 0 Å². The van der Waals surface area contributed by atoms with E-state index in [1.807, 2.05) is 36.4 Å². The third-order valence-electron chi connectivity index (χ3n) is 3.65. The SMILES string of the molecule is c1ccc2c(c1)CNCCOc1ccccc1CNCCO2. The maximum atomic E-state index is 5.89. The molecule has 1 aliphatic heterocycles. The summed E-state index contributed by atoms with van der Waals surface area (Å²) < 4.78 is 11.8. The zero-order valence-corrected chi connectivity index (χ0v) is 12.7. The van der Waals surface area contributed by atoms with Crippen LogP contribution in [-0.4, -0.2) is 26.3 Å². The Morgan fingerprint density at radius 3 is 1.59 bits per heavy atom. The lowest BCUT2D eigenvalue weighted by atomic mass is 10.2. The van der Waals surface area contributed by atoms with Crippen LogP contribution in [0, 0.1) is 0 Å². The van der Waals surface area contributed by atoms with Crippen molar-refractivity contribution in [2.75, 3.05) is 26.3 Å². The van der Waals surface area contributed by atoms with E-state index in [1.165, 1.54) is 11.1 Å². The van der Waals surface area contributed by atoms with Crippen molar-refractivity contribution in [3.63, 3.8) is 0 Å². The lowest BCUT2D eigenvalue weighted by Gasteiger charge is -2.16. The van der Waals surface area contributed by atoms with Crippen molar-refractivity contribution in [3.05, 3.63) is 59.7 Å². The van der Waals surface area contributed by atoms with Crippen molar-refractivity contribution in [2.45, 2.75) is 13.1 Å². The predicted octanol–water partition coefficient (Wildman–Crippen LogP) is 2.34. The summed E-state index contributed by atoms with van der Waals surface area (Å²) in [6.45, 7) is 4.48. The van der Waals surface area contributed by atoms with Crippen LogP contribution in [0.1, 0.15) is 11.1 Å². The van der Waals surface area contributed by atoms with Gasteiger partial charge >= 0.3 is 0 Å². The van der Waals surface area contributed by atoms with Gasteiger partial charge in [0, 0.05) is 37.3 Å². The second-order valence-electron chi connectivity index (χ2n) is 5.27. The molecule has 0 aliphatic carbocycles. The molecule has 22 heavy (non-hydrogen) atoms. The first-order valence-corrected chi connectivity index (χ1v) is 7.76. The standard InChI is InChI=1S/C18H22N2O2/c1-3-7-17-15(5-1)13-19-9-12-22-18-8-4-2-6-16(18)14-20-10-11-21-17/h1-8,19-20H,9-14H2. The summed E-state index contributed by atoms with van der Waals surface area (Å²) >= 11 is 0. The highest BCUT2D eigenvalue weighted by Gasteiger charge is 2.06. The smallest absolute Gasteiger partial charge is 0.123 e. The fraction of sp³-hybridized carbons (Fsp3) is 0.333. The van der Waals surface area contributed by atoms with Crippen molar-refractivity contribution in [2.24, 2.45) is 0 Å². The maximum Gasteiger partial charge on any atom is 0.123 e. The zero-order valence-electron chi connectivity index (χ0n) is 12.7.